The smallest absolute Gasteiger partial charge is 0.145 e. The molecule has 0 saturated carbocycles. The molecule has 3 unspecified atom stereocenters. The van der Waals surface area contributed by atoms with Gasteiger partial charge in [-0.3, -0.25) is 4.79 Å². The number of hydrogen-bond acceptors (Lipinski definition) is 4. The Bertz CT molecular complexity index is 422. The molecule has 2 rings (SSSR count). The Kier molecular flexibility index (Phi) is 3.99. The van der Waals surface area contributed by atoms with Gasteiger partial charge in [-0.25, -0.2) is 0 Å². The van der Waals surface area contributed by atoms with Gasteiger partial charge >= 0.3 is 0 Å². The number of aliphatic hydroxyl groups is 1. The van der Waals surface area contributed by atoms with Gasteiger partial charge in [-0.15, -0.1) is 0 Å². The molecule has 0 aromatic heterocycles. The van der Waals surface area contributed by atoms with Gasteiger partial charge in [0.25, 0.3) is 0 Å². The summed E-state index contributed by atoms with van der Waals surface area (Å²) in [6.45, 7) is 2.20. The summed E-state index contributed by atoms with van der Waals surface area (Å²) in [6.07, 6.45) is -0.481. The van der Waals surface area contributed by atoms with Crippen LogP contribution in [0, 0.1) is 5.92 Å². The first-order valence-corrected chi connectivity index (χ1v) is 6.07. The summed E-state index contributed by atoms with van der Waals surface area (Å²) in [5, 5.41) is 9.65. The average molecular weight is 250 g/mol. The van der Waals surface area contributed by atoms with Gasteiger partial charge in [0.1, 0.15) is 11.5 Å². The Balaban J connectivity index is 2.05. The van der Waals surface area contributed by atoms with Gasteiger partial charge in [0.15, 0.2) is 0 Å². The molecule has 1 saturated heterocycles. The van der Waals surface area contributed by atoms with Gasteiger partial charge < -0.3 is 14.6 Å². The molecule has 1 N–H and O–H groups in total. The molecule has 4 nitrogen and oxygen atoms in total. The minimum Gasteiger partial charge on any atom is -0.497 e. The third-order valence-electron chi connectivity index (χ3n) is 3.16. The third kappa shape index (κ3) is 3.09. The van der Waals surface area contributed by atoms with Gasteiger partial charge in [0.2, 0.25) is 0 Å². The predicted molar refractivity (Wildman–Crippen MR) is 66.6 cm³/mol. The molecule has 0 amide bonds. The predicted octanol–water partition coefficient (Wildman–Crippen LogP) is 1.20. The fourth-order valence-corrected chi connectivity index (χ4v) is 2.15. The van der Waals surface area contributed by atoms with Crippen molar-refractivity contribution in [1.82, 2.24) is 0 Å². The van der Waals surface area contributed by atoms with Crippen LogP contribution in [0.4, 0.5) is 0 Å². The third-order valence-corrected chi connectivity index (χ3v) is 3.16. The summed E-state index contributed by atoms with van der Waals surface area (Å²) in [6, 6.07) is 7.41. The van der Waals surface area contributed by atoms with Crippen molar-refractivity contribution in [2.24, 2.45) is 5.92 Å². The highest BCUT2D eigenvalue weighted by Gasteiger charge is 2.40. The summed E-state index contributed by atoms with van der Waals surface area (Å²) in [4.78, 5) is 12.2. The minimum atomic E-state index is -0.671. The van der Waals surface area contributed by atoms with E-state index in [1.165, 1.54) is 0 Å². The molecule has 1 aromatic carbocycles. The Morgan fingerprint density at radius 3 is 2.89 bits per heavy atom. The Hall–Kier alpha value is -1.39. The second-order valence-corrected chi connectivity index (χ2v) is 4.63. The molecule has 1 aliphatic rings. The van der Waals surface area contributed by atoms with E-state index in [-0.39, 0.29) is 11.9 Å². The first kappa shape index (κ1) is 13.1. The summed E-state index contributed by atoms with van der Waals surface area (Å²) in [5.41, 5.74) is 0.894. The SMILES string of the molecule is COc1cccc(CC(=O)C(C(C)O)C2CO2)c1. The number of methoxy groups -OCH3 is 1. The Morgan fingerprint density at radius 2 is 2.33 bits per heavy atom. The lowest BCUT2D eigenvalue weighted by atomic mass is 9.91. The van der Waals surface area contributed by atoms with Gasteiger partial charge in [-0.1, -0.05) is 12.1 Å². The molecular formula is C14H18O4. The Labute approximate surface area is 107 Å². The van der Waals surface area contributed by atoms with E-state index in [0.29, 0.717) is 13.0 Å². The number of hydrogen-bond donors (Lipinski definition) is 1. The maximum Gasteiger partial charge on any atom is 0.145 e. The normalized spacial score (nSPS) is 21.2. The van der Waals surface area contributed by atoms with Crippen molar-refractivity contribution < 1.29 is 19.4 Å². The van der Waals surface area contributed by atoms with E-state index in [4.69, 9.17) is 9.47 Å². The van der Waals surface area contributed by atoms with Crippen LogP contribution >= 0.6 is 0 Å². The number of ketones is 1. The van der Waals surface area contributed by atoms with Crippen LogP contribution in [0.2, 0.25) is 0 Å². The zero-order valence-electron chi connectivity index (χ0n) is 10.6. The fraction of sp³-hybridized carbons (Fsp3) is 0.500. The van der Waals surface area contributed by atoms with Crippen molar-refractivity contribution in [3.63, 3.8) is 0 Å². The lowest BCUT2D eigenvalue weighted by molar-refractivity contribution is -0.126. The van der Waals surface area contributed by atoms with Crippen LogP contribution in [-0.2, 0) is 16.0 Å². The molecule has 3 atom stereocenters. The molecule has 0 radical (unpaired) electrons. The fourth-order valence-electron chi connectivity index (χ4n) is 2.15. The van der Waals surface area contributed by atoms with E-state index >= 15 is 0 Å². The number of ether oxygens (including phenoxy) is 2. The Morgan fingerprint density at radius 1 is 1.61 bits per heavy atom. The number of rotatable bonds is 6. The lowest BCUT2D eigenvalue weighted by Gasteiger charge is -2.16. The van der Waals surface area contributed by atoms with Gasteiger partial charge in [-0.05, 0) is 24.6 Å². The van der Waals surface area contributed by atoms with E-state index in [2.05, 4.69) is 0 Å². The molecule has 1 aliphatic heterocycles. The van der Waals surface area contributed by atoms with Crippen LogP contribution < -0.4 is 4.74 Å². The molecular weight excluding hydrogens is 232 g/mol. The zero-order valence-corrected chi connectivity index (χ0v) is 10.6. The molecule has 1 heterocycles. The van der Waals surface area contributed by atoms with Crippen LogP contribution in [0.1, 0.15) is 12.5 Å². The summed E-state index contributed by atoms with van der Waals surface area (Å²) < 4.78 is 10.2. The summed E-state index contributed by atoms with van der Waals surface area (Å²) in [5.74, 6) is 0.327. The number of aliphatic hydroxyl groups excluding tert-OH is 1. The van der Waals surface area contributed by atoms with Gasteiger partial charge in [0.05, 0.1) is 31.8 Å². The second kappa shape index (κ2) is 5.50. The summed E-state index contributed by atoms with van der Waals surface area (Å²) in [7, 11) is 1.59. The largest absolute Gasteiger partial charge is 0.497 e. The second-order valence-electron chi connectivity index (χ2n) is 4.63. The van der Waals surface area contributed by atoms with Crippen molar-refractivity contribution in [3.8, 4) is 5.75 Å². The molecule has 4 heteroatoms. The highest BCUT2D eigenvalue weighted by Crippen LogP contribution is 2.26. The number of carbonyl (C=O) groups is 1. The number of epoxide rings is 1. The standard InChI is InChI=1S/C14H18O4/c1-9(15)14(13-8-18-13)12(16)7-10-4-3-5-11(6-10)17-2/h3-6,9,13-15H,7-8H2,1-2H3. The van der Waals surface area contributed by atoms with Crippen molar-refractivity contribution in [2.75, 3.05) is 13.7 Å². The maximum atomic E-state index is 12.2. The first-order chi connectivity index (χ1) is 8.61. The number of Topliss-reactive ketones (excluding diaryl/α,β-unsaturated/α-hetero) is 1. The van der Waals surface area contributed by atoms with E-state index in [1.54, 1.807) is 14.0 Å². The molecule has 98 valence electrons. The molecule has 0 aliphatic carbocycles. The van der Waals surface area contributed by atoms with Crippen LogP contribution in [0.3, 0.4) is 0 Å². The molecule has 0 bridgehead atoms. The molecule has 0 spiro atoms. The van der Waals surface area contributed by atoms with Crippen molar-refractivity contribution in [2.45, 2.75) is 25.6 Å². The molecule has 1 fully saturated rings. The maximum absolute atomic E-state index is 12.2. The van der Waals surface area contributed by atoms with Crippen molar-refractivity contribution in [1.29, 1.82) is 0 Å². The highest BCUT2D eigenvalue weighted by molar-refractivity contribution is 5.84. The molecule has 18 heavy (non-hydrogen) atoms. The average Bonchev–Trinajstić information content (AvgIpc) is 3.13. The zero-order chi connectivity index (χ0) is 13.1. The van der Waals surface area contributed by atoms with Crippen LogP contribution in [0.25, 0.3) is 0 Å². The van der Waals surface area contributed by atoms with E-state index in [0.717, 1.165) is 11.3 Å². The van der Waals surface area contributed by atoms with Crippen molar-refractivity contribution in [3.05, 3.63) is 29.8 Å². The lowest BCUT2D eigenvalue weighted by Crippen LogP contribution is -2.32. The van der Waals surface area contributed by atoms with E-state index in [1.807, 2.05) is 24.3 Å². The quantitative estimate of drug-likeness (QED) is 0.771. The van der Waals surface area contributed by atoms with Crippen LogP contribution in [0.5, 0.6) is 5.75 Å². The topological polar surface area (TPSA) is 59.1 Å². The van der Waals surface area contributed by atoms with Gasteiger partial charge in [0, 0.05) is 6.42 Å². The first-order valence-electron chi connectivity index (χ1n) is 6.07. The number of benzene rings is 1. The van der Waals surface area contributed by atoms with E-state index in [9.17, 15) is 9.90 Å². The highest BCUT2D eigenvalue weighted by atomic mass is 16.6. The number of carbonyl (C=O) groups excluding carboxylic acids is 1. The molecule has 1 aromatic rings. The van der Waals surface area contributed by atoms with Crippen LogP contribution in [-0.4, -0.2) is 36.8 Å². The monoisotopic (exact) mass is 250 g/mol. The minimum absolute atomic E-state index is 0.0146. The van der Waals surface area contributed by atoms with Gasteiger partial charge in [-0.2, -0.15) is 0 Å². The summed E-state index contributed by atoms with van der Waals surface area (Å²) >= 11 is 0. The van der Waals surface area contributed by atoms with Crippen LogP contribution in [0.15, 0.2) is 24.3 Å². The van der Waals surface area contributed by atoms with Crippen molar-refractivity contribution >= 4 is 5.78 Å². The van der Waals surface area contributed by atoms with E-state index < -0.39 is 12.0 Å².